The summed E-state index contributed by atoms with van der Waals surface area (Å²) in [7, 11) is -3.49. The van der Waals surface area contributed by atoms with Gasteiger partial charge in [-0.1, -0.05) is 19.4 Å². The van der Waals surface area contributed by atoms with Crippen molar-refractivity contribution in [3.63, 3.8) is 0 Å². The quantitative estimate of drug-likeness (QED) is 0.817. The van der Waals surface area contributed by atoms with E-state index < -0.39 is 10.0 Å². The highest BCUT2D eigenvalue weighted by Gasteiger charge is 2.29. The summed E-state index contributed by atoms with van der Waals surface area (Å²) in [5.41, 5.74) is 0. The van der Waals surface area contributed by atoms with Gasteiger partial charge in [-0.2, -0.15) is 9.40 Å². The molecule has 1 fully saturated rings. The van der Waals surface area contributed by atoms with Crippen LogP contribution in [0.4, 0.5) is 0 Å². The van der Waals surface area contributed by atoms with Gasteiger partial charge in [0, 0.05) is 19.3 Å². The van der Waals surface area contributed by atoms with Crippen molar-refractivity contribution in [1.29, 1.82) is 0 Å². The summed E-state index contributed by atoms with van der Waals surface area (Å²) < 4.78 is 28.5. The number of aromatic nitrogens is 3. The molecule has 0 aromatic carbocycles. The van der Waals surface area contributed by atoms with Gasteiger partial charge in [0.25, 0.3) is 0 Å². The van der Waals surface area contributed by atoms with Gasteiger partial charge >= 0.3 is 0 Å². The molecule has 22 heavy (non-hydrogen) atoms. The van der Waals surface area contributed by atoms with Crippen LogP contribution in [0.1, 0.15) is 26.2 Å². The maximum absolute atomic E-state index is 12.7. The predicted molar refractivity (Wildman–Crippen MR) is 83.1 cm³/mol. The maximum Gasteiger partial charge on any atom is 0.246 e. The van der Waals surface area contributed by atoms with Crippen LogP contribution in [0.15, 0.2) is 41.7 Å². The standard InChI is InChI=1S/C15H20N4O2S/c1-2-18(11-13-6-5-7-13)22(20,21)14-10-17-19(12-14)15-8-3-4-9-16-15/h3-4,8-10,12-13H,2,5-7,11H2,1H3. The Morgan fingerprint density at radius 1 is 1.36 bits per heavy atom. The molecule has 0 radical (unpaired) electrons. The van der Waals surface area contributed by atoms with Crippen molar-refractivity contribution < 1.29 is 8.42 Å². The number of rotatable bonds is 6. The molecule has 0 unspecified atom stereocenters. The van der Waals surface area contributed by atoms with E-state index in [0.29, 0.717) is 24.8 Å². The van der Waals surface area contributed by atoms with Gasteiger partial charge in [-0.3, -0.25) is 0 Å². The summed E-state index contributed by atoms with van der Waals surface area (Å²) in [4.78, 5) is 4.39. The zero-order valence-electron chi connectivity index (χ0n) is 12.6. The monoisotopic (exact) mass is 320 g/mol. The van der Waals surface area contributed by atoms with E-state index >= 15 is 0 Å². The zero-order chi connectivity index (χ0) is 15.6. The molecule has 6 nitrogen and oxygen atoms in total. The average molecular weight is 320 g/mol. The molecule has 0 spiro atoms. The second kappa shape index (κ2) is 6.18. The molecule has 2 heterocycles. The van der Waals surface area contributed by atoms with E-state index in [1.54, 1.807) is 16.6 Å². The average Bonchev–Trinajstić information content (AvgIpc) is 2.97. The van der Waals surface area contributed by atoms with E-state index in [2.05, 4.69) is 10.1 Å². The molecular formula is C15H20N4O2S. The summed E-state index contributed by atoms with van der Waals surface area (Å²) in [5, 5.41) is 4.13. The van der Waals surface area contributed by atoms with Gasteiger partial charge in [-0.05, 0) is 30.9 Å². The van der Waals surface area contributed by atoms with Gasteiger partial charge in [-0.25, -0.2) is 18.1 Å². The lowest BCUT2D eigenvalue weighted by Gasteiger charge is -2.30. The predicted octanol–water partition coefficient (Wildman–Crippen LogP) is 2.08. The van der Waals surface area contributed by atoms with Crippen LogP contribution < -0.4 is 0 Å². The topological polar surface area (TPSA) is 68.1 Å². The van der Waals surface area contributed by atoms with Crippen molar-refractivity contribution in [3.8, 4) is 5.82 Å². The van der Waals surface area contributed by atoms with Crippen LogP contribution in [0.25, 0.3) is 5.82 Å². The first-order valence-electron chi connectivity index (χ1n) is 7.57. The van der Waals surface area contributed by atoms with Gasteiger partial charge in [0.05, 0.1) is 12.4 Å². The number of nitrogens with zero attached hydrogens (tertiary/aromatic N) is 4. The van der Waals surface area contributed by atoms with Crippen molar-refractivity contribution in [2.75, 3.05) is 13.1 Å². The molecule has 1 aliphatic rings. The van der Waals surface area contributed by atoms with Gasteiger partial charge in [0.2, 0.25) is 10.0 Å². The van der Waals surface area contributed by atoms with E-state index in [0.717, 1.165) is 12.8 Å². The Bertz CT molecular complexity index is 723. The highest BCUT2D eigenvalue weighted by atomic mass is 32.2. The third kappa shape index (κ3) is 2.91. The lowest BCUT2D eigenvalue weighted by Crippen LogP contribution is -2.37. The smallest absolute Gasteiger partial charge is 0.237 e. The Morgan fingerprint density at radius 2 is 2.18 bits per heavy atom. The van der Waals surface area contributed by atoms with Crippen LogP contribution in [0.3, 0.4) is 0 Å². The Balaban J connectivity index is 1.84. The van der Waals surface area contributed by atoms with E-state index in [9.17, 15) is 8.42 Å². The molecule has 0 saturated heterocycles. The number of sulfonamides is 1. The van der Waals surface area contributed by atoms with Crippen LogP contribution in [0, 0.1) is 5.92 Å². The van der Waals surface area contributed by atoms with E-state index in [1.165, 1.54) is 23.5 Å². The molecule has 0 N–H and O–H groups in total. The first-order chi connectivity index (χ1) is 10.6. The van der Waals surface area contributed by atoms with Crippen LogP contribution in [-0.4, -0.2) is 40.6 Å². The molecule has 2 aromatic heterocycles. The van der Waals surface area contributed by atoms with Crippen LogP contribution in [0.2, 0.25) is 0 Å². The second-order valence-electron chi connectivity index (χ2n) is 5.56. The lowest BCUT2D eigenvalue weighted by molar-refractivity contribution is 0.250. The SMILES string of the molecule is CCN(CC1CCC1)S(=O)(=O)c1cnn(-c2ccccn2)c1. The van der Waals surface area contributed by atoms with Gasteiger partial charge in [0.1, 0.15) is 4.90 Å². The summed E-state index contributed by atoms with van der Waals surface area (Å²) in [6.45, 7) is 2.96. The molecule has 1 saturated carbocycles. The van der Waals surface area contributed by atoms with Crippen LogP contribution in [0.5, 0.6) is 0 Å². The zero-order valence-corrected chi connectivity index (χ0v) is 13.4. The number of hydrogen-bond donors (Lipinski definition) is 0. The van der Waals surface area contributed by atoms with Gasteiger partial charge in [0.15, 0.2) is 5.82 Å². The first-order valence-corrected chi connectivity index (χ1v) is 9.01. The fourth-order valence-corrected chi connectivity index (χ4v) is 4.02. The Kier molecular flexibility index (Phi) is 4.26. The third-order valence-corrected chi connectivity index (χ3v) is 6.01. The van der Waals surface area contributed by atoms with Crippen molar-refractivity contribution in [2.24, 2.45) is 5.92 Å². The third-order valence-electron chi connectivity index (χ3n) is 4.12. The number of pyridine rings is 1. The van der Waals surface area contributed by atoms with Gasteiger partial charge in [-0.15, -0.1) is 0 Å². The van der Waals surface area contributed by atoms with Crippen molar-refractivity contribution in [3.05, 3.63) is 36.8 Å². The fraction of sp³-hybridized carbons (Fsp3) is 0.467. The normalized spacial score (nSPS) is 15.9. The highest BCUT2D eigenvalue weighted by Crippen LogP contribution is 2.29. The van der Waals surface area contributed by atoms with E-state index in [-0.39, 0.29) is 4.90 Å². The maximum atomic E-state index is 12.7. The van der Waals surface area contributed by atoms with E-state index in [1.807, 2.05) is 19.1 Å². The molecule has 7 heteroatoms. The first kappa shape index (κ1) is 15.2. The number of hydrogen-bond acceptors (Lipinski definition) is 4. The fourth-order valence-electron chi connectivity index (χ4n) is 2.56. The molecule has 1 aliphatic carbocycles. The molecule has 0 amide bonds. The highest BCUT2D eigenvalue weighted by molar-refractivity contribution is 7.89. The second-order valence-corrected chi connectivity index (χ2v) is 7.50. The molecule has 0 atom stereocenters. The minimum atomic E-state index is -3.49. The molecule has 0 bridgehead atoms. The molecular weight excluding hydrogens is 300 g/mol. The largest absolute Gasteiger partial charge is 0.246 e. The van der Waals surface area contributed by atoms with Crippen molar-refractivity contribution in [2.45, 2.75) is 31.1 Å². The van der Waals surface area contributed by atoms with Crippen LogP contribution >= 0.6 is 0 Å². The Labute approximate surface area is 130 Å². The van der Waals surface area contributed by atoms with Gasteiger partial charge < -0.3 is 0 Å². The molecule has 3 rings (SSSR count). The summed E-state index contributed by atoms with van der Waals surface area (Å²) in [5.74, 6) is 1.10. The summed E-state index contributed by atoms with van der Waals surface area (Å²) in [6, 6.07) is 5.44. The molecule has 118 valence electrons. The minimum Gasteiger partial charge on any atom is -0.237 e. The lowest BCUT2D eigenvalue weighted by atomic mass is 9.85. The summed E-state index contributed by atoms with van der Waals surface area (Å²) in [6.07, 6.45) is 8.03. The minimum absolute atomic E-state index is 0.222. The molecule has 2 aromatic rings. The molecule has 0 aliphatic heterocycles. The van der Waals surface area contributed by atoms with Crippen molar-refractivity contribution >= 4 is 10.0 Å². The Morgan fingerprint density at radius 3 is 2.77 bits per heavy atom. The van der Waals surface area contributed by atoms with Crippen molar-refractivity contribution in [1.82, 2.24) is 19.1 Å². The summed E-state index contributed by atoms with van der Waals surface area (Å²) >= 11 is 0. The van der Waals surface area contributed by atoms with Crippen LogP contribution in [-0.2, 0) is 10.0 Å². The van der Waals surface area contributed by atoms with E-state index in [4.69, 9.17) is 0 Å². The Hall–Kier alpha value is -1.73.